The van der Waals surface area contributed by atoms with Crippen molar-refractivity contribution >= 4 is 29.0 Å². The number of aromatic nitrogens is 2. The van der Waals surface area contributed by atoms with Gasteiger partial charge in [-0.3, -0.25) is 9.69 Å². The molecule has 122 valence electrons. The molecular weight excluding hydrogens is 328 g/mol. The third kappa shape index (κ3) is 4.31. The van der Waals surface area contributed by atoms with Gasteiger partial charge in [0.1, 0.15) is 0 Å². The number of carbonyl (C=O) groups is 1. The number of hydrogen-bond donors (Lipinski definition) is 0. The molecule has 1 saturated heterocycles. The van der Waals surface area contributed by atoms with Crippen molar-refractivity contribution in [3.8, 4) is 0 Å². The molecule has 0 radical (unpaired) electrons. The molecule has 0 spiro atoms. The molecule has 1 amide bonds. The first kappa shape index (κ1) is 16.4. The molecule has 3 heterocycles. The maximum Gasteiger partial charge on any atom is 0.255 e. The highest BCUT2D eigenvalue weighted by Crippen LogP contribution is 2.16. The summed E-state index contributed by atoms with van der Waals surface area (Å²) in [5.74, 6) is 1.07. The molecule has 1 fully saturated rings. The Morgan fingerprint density at radius 1 is 1.26 bits per heavy atom. The number of nitrogens with zero attached hydrogens (tertiary/aromatic N) is 4. The van der Waals surface area contributed by atoms with Crippen LogP contribution in [0, 0.1) is 0 Å². The van der Waals surface area contributed by atoms with Crippen molar-refractivity contribution in [2.24, 2.45) is 0 Å². The summed E-state index contributed by atoms with van der Waals surface area (Å²) in [5, 5.41) is 3.05. The van der Waals surface area contributed by atoms with Crippen LogP contribution in [0.1, 0.15) is 23.0 Å². The summed E-state index contributed by atoms with van der Waals surface area (Å²) in [6.45, 7) is 6.26. The Morgan fingerprint density at radius 2 is 2.09 bits per heavy atom. The van der Waals surface area contributed by atoms with Crippen LogP contribution in [0.15, 0.2) is 34.2 Å². The molecule has 0 aliphatic carbocycles. The molecule has 1 aliphatic rings. The van der Waals surface area contributed by atoms with E-state index in [1.54, 1.807) is 29.3 Å². The molecule has 23 heavy (non-hydrogen) atoms. The van der Waals surface area contributed by atoms with Gasteiger partial charge in [0.05, 0.1) is 21.8 Å². The number of amides is 1. The van der Waals surface area contributed by atoms with Crippen LogP contribution in [0.3, 0.4) is 0 Å². The zero-order chi connectivity index (χ0) is 16.1. The van der Waals surface area contributed by atoms with Gasteiger partial charge >= 0.3 is 0 Å². The van der Waals surface area contributed by atoms with E-state index in [9.17, 15) is 4.79 Å². The summed E-state index contributed by atoms with van der Waals surface area (Å²) in [4.78, 5) is 25.5. The van der Waals surface area contributed by atoms with E-state index in [2.05, 4.69) is 27.2 Å². The van der Waals surface area contributed by atoms with Crippen molar-refractivity contribution in [2.75, 3.05) is 31.9 Å². The monoisotopic (exact) mass is 348 g/mol. The molecule has 2 aromatic heterocycles. The minimum absolute atomic E-state index is 0.0823. The lowest BCUT2D eigenvalue weighted by Gasteiger charge is -2.34. The fourth-order valence-electron chi connectivity index (χ4n) is 2.58. The van der Waals surface area contributed by atoms with Gasteiger partial charge in [0.2, 0.25) is 0 Å². The van der Waals surface area contributed by atoms with Crippen molar-refractivity contribution in [3.05, 3.63) is 40.5 Å². The first-order valence-electron chi connectivity index (χ1n) is 7.74. The minimum atomic E-state index is 0.0823. The SMILES string of the molecule is CCSc1ccc(C(=O)N2CCN(Cc3cscn3)CC2)cn1. The molecule has 1 aliphatic heterocycles. The predicted octanol–water partition coefficient (Wildman–Crippen LogP) is 2.61. The third-order valence-corrected chi connectivity index (χ3v) is 5.27. The molecule has 5 nitrogen and oxygen atoms in total. The maximum absolute atomic E-state index is 12.5. The smallest absolute Gasteiger partial charge is 0.255 e. The van der Waals surface area contributed by atoms with E-state index in [1.165, 1.54) is 0 Å². The highest BCUT2D eigenvalue weighted by atomic mass is 32.2. The number of rotatable bonds is 5. The molecule has 0 aromatic carbocycles. The van der Waals surface area contributed by atoms with Crippen LogP contribution < -0.4 is 0 Å². The van der Waals surface area contributed by atoms with Crippen molar-refractivity contribution in [3.63, 3.8) is 0 Å². The second kappa shape index (κ2) is 7.90. The number of pyridine rings is 1. The Bertz CT molecular complexity index is 622. The largest absolute Gasteiger partial charge is 0.336 e. The van der Waals surface area contributed by atoms with Crippen LogP contribution in [0.2, 0.25) is 0 Å². The first-order valence-corrected chi connectivity index (χ1v) is 9.66. The number of hydrogen-bond acceptors (Lipinski definition) is 6. The Balaban J connectivity index is 1.53. The van der Waals surface area contributed by atoms with E-state index in [0.29, 0.717) is 5.56 Å². The van der Waals surface area contributed by atoms with Crippen molar-refractivity contribution in [1.29, 1.82) is 0 Å². The molecule has 0 saturated carbocycles. The van der Waals surface area contributed by atoms with Gasteiger partial charge in [0.15, 0.2) is 0 Å². The normalized spacial score (nSPS) is 15.8. The molecule has 2 aromatic rings. The van der Waals surface area contributed by atoms with Gasteiger partial charge in [0, 0.05) is 44.3 Å². The second-order valence-electron chi connectivity index (χ2n) is 5.37. The summed E-state index contributed by atoms with van der Waals surface area (Å²) in [6, 6.07) is 3.81. The lowest BCUT2D eigenvalue weighted by Crippen LogP contribution is -2.48. The number of piperazine rings is 1. The summed E-state index contributed by atoms with van der Waals surface area (Å²) < 4.78 is 0. The van der Waals surface area contributed by atoms with Gasteiger partial charge in [-0.05, 0) is 17.9 Å². The van der Waals surface area contributed by atoms with E-state index < -0.39 is 0 Å². The van der Waals surface area contributed by atoms with Gasteiger partial charge in [-0.15, -0.1) is 23.1 Å². The van der Waals surface area contributed by atoms with Crippen molar-refractivity contribution in [2.45, 2.75) is 18.5 Å². The van der Waals surface area contributed by atoms with Crippen molar-refractivity contribution < 1.29 is 4.79 Å². The quantitative estimate of drug-likeness (QED) is 0.778. The Morgan fingerprint density at radius 3 is 2.70 bits per heavy atom. The second-order valence-corrected chi connectivity index (χ2v) is 7.37. The van der Waals surface area contributed by atoms with Gasteiger partial charge in [-0.1, -0.05) is 6.92 Å². The van der Waals surface area contributed by atoms with Gasteiger partial charge in [0.25, 0.3) is 5.91 Å². The predicted molar refractivity (Wildman–Crippen MR) is 93.9 cm³/mol. The van der Waals surface area contributed by atoms with Crippen LogP contribution in [0.4, 0.5) is 0 Å². The molecule has 0 bridgehead atoms. The zero-order valence-electron chi connectivity index (χ0n) is 13.1. The summed E-state index contributed by atoms with van der Waals surface area (Å²) in [7, 11) is 0. The third-order valence-electron chi connectivity index (χ3n) is 3.80. The summed E-state index contributed by atoms with van der Waals surface area (Å²) >= 11 is 3.31. The van der Waals surface area contributed by atoms with Crippen LogP contribution in [-0.4, -0.2) is 57.6 Å². The van der Waals surface area contributed by atoms with E-state index in [4.69, 9.17) is 0 Å². The van der Waals surface area contributed by atoms with Crippen LogP contribution in [0.25, 0.3) is 0 Å². The van der Waals surface area contributed by atoms with Gasteiger partial charge in [-0.2, -0.15) is 0 Å². The Labute approximate surface area is 144 Å². The van der Waals surface area contributed by atoms with Crippen LogP contribution >= 0.6 is 23.1 Å². The van der Waals surface area contributed by atoms with E-state index in [-0.39, 0.29) is 5.91 Å². The summed E-state index contributed by atoms with van der Waals surface area (Å²) in [5.41, 5.74) is 3.66. The molecule has 3 rings (SSSR count). The van der Waals surface area contributed by atoms with E-state index in [0.717, 1.165) is 49.2 Å². The van der Waals surface area contributed by atoms with Crippen LogP contribution in [0.5, 0.6) is 0 Å². The average molecular weight is 348 g/mol. The molecule has 0 atom stereocenters. The van der Waals surface area contributed by atoms with Gasteiger partial charge in [-0.25, -0.2) is 9.97 Å². The molecule has 0 unspecified atom stereocenters. The van der Waals surface area contributed by atoms with E-state index in [1.807, 2.05) is 22.5 Å². The van der Waals surface area contributed by atoms with Crippen molar-refractivity contribution in [1.82, 2.24) is 19.8 Å². The molecular formula is C16H20N4OS2. The van der Waals surface area contributed by atoms with E-state index >= 15 is 0 Å². The zero-order valence-corrected chi connectivity index (χ0v) is 14.8. The lowest BCUT2D eigenvalue weighted by molar-refractivity contribution is 0.0626. The topological polar surface area (TPSA) is 49.3 Å². The van der Waals surface area contributed by atoms with Crippen LogP contribution in [-0.2, 0) is 6.54 Å². The standard InChI is InChI=1S/C16H20N4OS2/c1-2-23-15-4-3-13(9-17-15)16(21)20-7-5-19(6-8-20)10-14-11-22-12-18-14/h3-4,9,11-12H,2,5-8,10H2,1H3. The maximum atomic E-state index is 12.5. The fraction of sp³-hybridized carbons (Fsp3) is 0.438. The first-order chi connectivity index (χ1) is 11.3. The number of carbonyl (C=O) groups excluding carboxylic acids is 1. The fourth-order valence-corrected chi connectivity index (χ4v) is 3.71. The average Bonchev–Trinajstić information content (AvgIpc) is 3.09. The molecule has 0 N–H and O–H groups in total. The highest BCUT2D eigenvalue weighted by Gasteiger charge is 2.22. The Hall–Kier alpha value is -1.44. The number of thiazole rings is 1. The highest BCUT2D eigenvalue weighted by molar-refractivity contribution is 7.99. The molecule has 7 heteroatoms. The lowest BCUT2D eigenvalue weighted by atomic mass is 10.2. The van der Waals surface area contributed by atoms with Gasteiger partial charge < -0.3 is 4.90 Å². The Kier molecular flexibility index (Phi) is 5.64. The number of thioether (sulfide) groups is 1. The minimum Gasteiger partial charge on any atom is -0.336 e. The summed E-state index contributed by atoms with van der Waals surface area (Å²) in [6.07, 6.45) is 1.70.